The minimum absolute atomic E-state index is 0.0458. The lowest BCUT2D eigenvalue weighted by Gasteiger charge is -2.17. The van der Waals surface area contributed by atoms with Gasteiger partial charge in [0.1, 0.15) is 0 Å². The van der Waals surface area contributed by atoms with E-state index in [2.05, 4.69) is 10.6 Å². The van der Waals surface area contributed by atoms with Gasteiger partial charge in [-0.3, -0.25) is 9.59 Å². The van der Waals surface area contributed by atoms with Gasteiger partial charge in [-0.15, -0.1) is 0 Å². The van der Waals surface area contributed by atoms with Crippen LogP contribution in [0.2, 0.25) is 0 Å². The number of carbonyl (C=O) groups excluding carboxylic acids is 2. The van der Waals surface area contributed by atoms with Gasteiger partial charge >= 0.3 is 0 Å². The minimum atomic E-state index is -0.568. The standard InChI is InChI=1S/C15H23N3O2/c1-3-11(2)14(16)15(20)18-10-13(19)17-9-12-7-5-4-6-8-12/h4-8,11,14H,3,9-10,16H2,1-2H3,(H,17,19)(H,18,20)/t11-,14-/m0/s1. The Hall–Kier alpha value is -1.88. The average Bonchev–Trinajstić information content (AvgIpc) is 2.49. The van der Waals surface area contributed by atoms with Crippen LogP contribution in [0.1, 0.15) is 25.8 Å². The summed E-state index contributed by atoms with van der Waals surface area (Å²) in [5.74, 6) is -0.407. The van der Waals surface area contributed by atoms with E-state index in [1.165, 1.54) is 0 Å². The first kappa shape index (κ1) is 16.2. The molecule has 1 aromatic carbocycles. The third-order valence-corrected chi connectivity index (χ3v) is 3.32. The zero-order valence-electron chi connectivity index (χ0n) is 12.1. The summed E-state index contributed by atoms with van der Waals surface area (Å²) in [5, 5.41) is 5.30. The number of benzene rings is 1. The number of nitrogens with two attached hydrogens (primary N) is 1. The van der Waals surface area contributed by atoms with Crippen LogP contribution in [0.4, 0.5) is 0 Å². The smallest absolute Gasteiger partial charge is 0.239 e. The van der Waals surface area contributed by atoms with Crippen molar-refractivity contribution in [1.29, 1.82) is 0 Å². The molecular weight excluding hydrogens is 254 g/mol. The molecule has 0 bridgehead atoms. The molecule has 20 heavy (non-hydrogen) atoms. The van der Waals surface area contributed by atoms with E-state index in [1.54, 1.807) is 0 Å². The Morgan fingerprint density at radius 3 is 2.45 bits per heavy atom. The first-order valence-corrected chi connectivity index (χ1v) is 6.88. The molecule has 1 aromatic rings. The van der Waals surface area contributed by atoms with Crippen LogP contribution in [0, 0.1) is 5.92 Å². The highest BCUT2D eigenvalue weighted by molar-refractivity contribution is 5.87. The van der Waals surface area contributed by atoms with Crippen LogP contribution >= 0.6 is 0 Å². The summed E-state index contributed by atoms with van der Waals surface area (Å²) in [4.78, 5) is 23.3. The number of amides is 2. The highest BCUT2D eigenvalue weighted by Gasteiger charge is 2.19. The molecule has 0 saturated carbocycles. The molecule has 0 unspecified atom stereocenters. The Balaban J connectivity index is 2.28. The molecule has 0 spiro atoms. The minimum Gasteiger partial charge on any atom is -0.350 e. The molecule has 110 valence electrons. The fourth-order valence-corrected chi connectivity index (χ4v) is 1.66. The van der Waals surface area contributed by atoms with Crippen molar-refractivity contribution >= 4 is 11.8 Å². The Morgan fingerprint density at radius 1 is 1.20 bits per heavy atom. The predicted molar refractivity (Wildman–Crippen MR) is 78.7 cm³/mol. The van der Waals surface area contributed by atoms with E-state index in [1.807, 2.05) is 44.2 Å². The molecule has 0 aliphatic carbocycles. The summed E-state index contributed by atoms with van der Waals surface area (Å²) in [7, 11) is 0. The van der Waals surface area contributed by atoms with E-state index in [0.29, 0.717) is 6.54 Å². The van der Waals surface area contributed by atoms with Crippen molar-refractivity contribution in [2.24, 2.45) is 11.7 Å². The maximum absolute atomic E-state index is 11.7. The molecule has 0 saturated heterocycles. The van der Waals surface area contributed by atoms with Crippen molar-refractivity contribution < 1.29 is 9.59 Å². The number of hydrogen-bond donors (Lipinski definition) is 3. The number of carbonyl (C=O) groups is 2. The molecule has 2 amide bonds. The normalized spacial score (nSPS) is 13.3. The third-order valence-electron chi connectivity index (χ3n) is 3.32. The van der Waals surface area contributed by atoms with Crippen LogP contribution in [0.5, 0.6) is 0 Å². The van der Waals surface area contributed by atoms with Gasteiger partial charge < -0.3 is 16.4 Å². The zero-order valence-corrected chi connectivity index (χ0v) is 12.1. The Kier molecular flexibility index (Phi) is 6.73. The van der Waals surface area contributed by atoms with Crippen molar-refractivity contribution in [2.75, 3.05) is 6.54 Å². The molecule has 0 aliphatic rings. The summed E-state index contributed by atoms with van der Waals surface area (Å²) in [5.41, 5.74) is 6.80. The summed E-state index contributed by atoms with van der Waals surface area (Å²) in [6, 6.07) is 9.03. The number of rotatable bonds is 7. The van der Waals surface area contributed by atoms with Crippen LogP contribution in [0.15, 0.2) is 30.3 Å². The molecule has 5 heteroatoms. The van der Waals surface area contributed by atoms with E-state index >= 15 is 0 Å². The topological polar surface area (TPSA) is 84.2 Å². The van der Waals surface area contributed by atoms with Gasteiger partial charge in [0.25, 0.3) is 0 Å². The summed E-state index contributed by atoms with van der Waals surface area (Å²) in [6.45, 7) is 4.30. The number of hydrogen-bond acceptors (Lipinski definition) is 3. The van der Waals surface area contributed by atoms with Crippen molar-refractivity contribution in [3.8, 4) is 0 Å². The number of nitrogens with one attached hydrogen (secondary N) is 2. The van der Waals surface area contributed by atoms with Crippen LogP contribution in [-0.4, -0.2) is 24.4 Å². The van der Waals surface area contributed by atoms with Crippen LogP contribution < -0.4 is 16.4 Å². The van der Waals surface area contributed by atoms with E-state index in [-0.39, 0.29) is 24.3 Å². The second-order valence-corrected chi connectivity index (χ2v) is 4.89. The lowest BCUT2D eigenvalue weighted by molar-refractivity contribution is -0.127. The van der Waals surface area contributed by atoms with E-state index in [9.17, 15) is 9.59 Å². The molecule has 2 atom stereocenters. The maximum atomic E-state index is 11.7. The van der Waals surface area contributed by atoms with Gasteiger partial charge in [-0.25, -0.2) is 0 Å². The van der Waals surface area contributed by atoms with Gasteiger partial charge in [-0.2, -0.15) is 0 Å². The molecule has 5 nitrogen and oxygen atoms in total. The van der Waals surface area contributed by atoms with Gasteiger partial charge in [-0.1, -0.05) is 50.6 Å². The first-order chi connectivity index (χ1) is 9.54. The quantitative estimate of drug-likeness (QED) is 0.689. The van der Waals surface area contributed by atoms with E-state index in [4.69, 9.17) is 5.73 Å². The maximum Gasteiger partial charge on any atom is 0.239 e. The molecule has 0 fully saturated rings. The van der Waals surface area contributed by atoms with Crippen LogP contribution in [0.25, 0.3) is 0 Å². The van der Waals surface area contributed by atoms with Crippen LogP contribution in [0.3, 0.4) is 0 Å². The SMILES string of the molecule is CC[C@H](C)[C@H](N)C(=O)NCC(=O)NCc1ccccc1. The third kappa shape index (κ3) is 5.40. The molecule has 0 aliphatic heterocycles. The van der Waals surface area contributed by atoms with E-state index < -0.39 is 6.04 Å². The molecule has 0 radical (unpaired) electrons. The van der Waals surface area contributed by atoms with Crippen molar-refractivity contribution in [1.82, 2.24) is 10.6 Å². The van der Waals surface area contributed by atoms with Gasteiger partial charge in [-0.05, 0) is 11.5 Å². The van der Waals surface area contributed by atoms with Crippen molar-refractivity contribution in [3.05, 3.63) is 35.9 Å². The van der Waals surface area contributed by atoms with Gasteiger partial charge in [0, 0.05) is 6.54 Å². The molecular formula is C15H23N3O2. The van der Waals surface area contributed by atoms with Crippen molar-refractivity contribution in [2.45, 2.75) is 32.9 Å². The largest absolute Gasteiger partial charge is 0.350 e. The summed E-state index contributed by atoms with van der Waals surface area (Å²) < 4.78 is 0. The highest BCUT2D eigenvalue weighted by Crippen LogP contribution is 2.04. The molecule has 1 rings (SSSR count). The zero-order chi connectivity index (χ0) is 15.0. The summed E-state index contributed by atoms with van der Waals surface area (Å²) in [6.07, 6.45) is 0.828. The lowest BCUT2D eigenvalue weighted by atomic mass is 9.99. The van der Waals surface area contributed by atoms with Gasteiger partial charge in [0.15, 0.2) is 0 Å². The second-order valence-electron chi connectivity index (χ2n) is 4.89. The Labute approximate surface area is 119 Å². The first-order valence-electron chi connectivity index (χ1n) is 6.88. The highest BCUT2D eigenvalue weighted by atomic mass is 16.2. The second kappa shape index (κ2) is 8.32. The van der Waals surface area contributed by atoms with Crippen LogP contribution in [-0.2, 0) is 16.1 Å². The molecule has 0 aromatic heterocycles. The predicted octanol–water partition coefficient (Wildman–Crippen LogP) is 0.792. The van der Waals surface area contributed by atoms with Gasteiger partial charge in [0.2, 0.25) is 11.8 Å². The fraction of sp³-hybridized carbons (Fsp3) is 0.467. The fourth-order valence-electron chi connectivity index (χ4n) is 1.66. The Morgan fingerprint density at radius 2 is 1.85 bits per heavy atom. The van der Waals surface area contributed by atoms with E-state index in [0.717, 1.165) is 12.0 Å². The van der Waals surface area contributed by atoms with Gasteiger partial charge in [0.05, 0.1) is 12.6 Å². The Bertz CT molecular complexity index is 434. The average molecular weight is 277 g/mol. The molecule has 4 N–H and O–H groups in total. The lowest BCUT2D eigenvalue weighted by Crippen LogP contribution is -2.47. The summed E-state index contributed by atoms with van der Waals surface area (Å²) >= 11 is 0. The van der Waals surface area contributed by atoms with Crippen molar-refractivity contribution in [3.63, 3.8) is 0 Å². The molecule has 0 heterocycles. The monoisotopic (exact) mass is 277 g/mol.